The summed E-state index contributed by atoms with van der Waals surface area (Å²) < 4.78 is 33.8. The Hall–Kier alpha value is -7.20. The first-order valence-electron chi connectivity index (χ1n) is 22.7. The zero-order chi connectivity index (χ0) is 46.7. The molecule has 66 heavy (non-hydrogen) atoms. The van der Waals surface area contributed by atoms with E-state index < -0.39 is 11.9 Å². The summed E-state index contributed by atoms with van der Waals surface area (Å²) in [5, 5.41) is 0. The number of unbranched alkanes of at least 4 members (excludes halogenated alkanes) is 3. The Morgan fingerprint density at radius 2 is 0.636 bits per heavy atom. The van der Waals surface area contributed by atoms with Crippen LogP contribution in [0.3, 0.4) is 0 Å². The lowest BCUT2D eigenvalue weighted by Crippen LogP contribution is -2.11. The topological polar surface area (TPSA) is 124 Å². The van der Waals surface area contributed by atoms with E-state index in [4.69, 9.17) is 28.4 Å². The third-order valence-electron chi connectivity index (χ3n) is 11.2. The highest BCUT2D eigenvalue weighted by molar-refractivity contribution is 5.93. The van der Waals surface area contributed by atoms with Crippen LogP contribution in [-0.2, 0) is 9.47 Å². The van der Waals surface area contributed by atoms with Crippen LogP contribution in [0.15, 0.2) is 146 Å². The summed E-state index contributed by atoms with van der Waals surface area (Å²) >= 11 is 0. The number of hydrogen-bond donors (Lipinski definition) is 0. The molecule has 0 aliphatic carbocycles. The fourth-order valence-corrected chi connectivity index (χ4v) is 6.51. The molecule has 6 rings (SSSR count). The van der Waals surface area contributed by atoms with Crippen LogP contribution in [0.25, 0.3) is 22.3 Å². The third kappa shape index (κ3) is 14.7. The molecule has 0 amide bonds. The second-order valence-corrected chi connectivity index (χ2v) is 16.4. The van der Waals surface area contributed by atoms with Gasteiger partial charge >= 0.3 is 23.9 Å². The maximum atomic E-state index is 12.8. The summed E-state index contributed by atoms with van der Waals surface area (Å²) in [6.45, 7) is 10.1. The number of rotatable bonds is 23. The lowest BCUT2D eigenvalue weighted by Gasteiger charge is -2.10. The monoisotopic (exact) mass is 890 g/mol. The van der Waals surface area contributed by atoms with E-state index in [1.807, 2.05) is 62.4 Å². The highest BCUT2D eigenvalue weighted by Crippen LogP contribution is 2.26. The third-order valence-corrected chi connectivity index (χ3v) is 11.2. The van der Waals surface area contributed by atoms with Gasteiger partial charge < -0.3 is 28.4 Å². The SMILES string of the molecule is CC[C@H](C)COC(=O)c1ccc(-c2ccc(OC(=O)c3ccc(OCCCCCCOc4ccc(C(=O)Oc5ccc(-c6ccc(C(=O)OC[C@@H](C)CC)cc6)cc5)cc4)cc3)cc2)cc1. The van der Waals surface area contributed by atoms with Gasteiger partial charge in [-0.1, -0.05) is 89.1 Å². The second-order valence-electron chi connectivity index (χ2n) is 16.4. The Kier molecular flexibility index (Phi) is 18.1. The molecule has 342 valence electrons. The van der Waals surface area contributed by atoms with Crippen LogP contribution in [0.1, 0.15) is 108 Å². The van der Waals surface area contributed by atoms with E-state index in [-0.39, 0.29) is 11.9 Å². The molecule has 2 atom stereocenters. The van der Waals surface area contributed by atoms with Gasteiger partial charge in [-0.15, -0.1) is 0 Å². The quantitative estimate of drug-likeness (QED) is 0.0349. The fourth-order valence-electron chi connectivity index (χ4n) is 6.51. The van der Waals surface area contributed by atoms with Gasteiger partial charge in [0.25, 0.3) is 0 Å². The van der Waals surface area contributed by atoms with E-state index in [2.05, 4.69) is 13.8 Å². The standard InChI is InChI=1S/C56H58O10/c1-5-39(3)37-63-53(57)45-15-11-41(12-16-45)43-19-31-51(32-20-43)65-55(59)47-23-27-49(28-24-47)61-35-9-7-8-10-36-62-50-29-25-48(26-30-50)56(60)66-52-33-21-44(22-34-52)42-13-17-46(18-14-42)54(58)64-38-40(4)6-2/h11-34,39-40H,5-10,35-38H2,1-4H3/t39-,40-/m0/s1. The van der Waals surface area contributed by atoms with E-state index >= 15 is 0 Å². The molecule has 0 N–H and O–H groups in total. The van der Waals surface area contributed by atoms with Gasteiger partial charge in [0.05, 0.1) is 48.7 Å². The smallest absolute Gasteiger partial charge is 0.343 e. The highest BCUT2D eigenvalue weighted by atomic mass is 16.5. The molecule has 0 heterocycles. The van der Waals surface area contributed by atoms with Crippen molar-refractivity contribution in [2.75, 3.05) is 26.4 Å². The van der Waals surface area contributed by atoms with Crippen LogP contribution >= 0.6 is 0 Å². The molecule has 0 aromatic heterocycles. The zero-order valence-electron chi connectivity index (χ0n) is 38.2. The Morgan fingerprint density at radius 1 is 0.364 bits per heavy atom. The predicted molar refractivity (Wildman–Crippen MR) is 255 cm³/mol. The summed E-state index contributed by atoms with van der Waals surface area (Å²) in [6, 6.07) is 42.7. The molecule has 0 radical (unpaired) electrons. The Labute approximate surface area is 387 Å². The first-order chi connectivity index (χ1) is 32.1. The molecule has 0 saturated carbocycles. The molecule has 0 unspecified atom stereocenters. The molecule has 10 nitrogen and oxygen atoms in total. The minimum Gasteiger partial charge on any atom is -0.494 e. The van der Waals surface area contributed by atoms with Crippen molar-refractivity contribution in [2.45, 2.75) is 66.2 Å². The summed E-state index contributed by atoms with van der Waals surface area (Å²) in [4.78, 5) is 50.3. The number of benzene rings is 6. The van der Waals surface area contributed by atoms with Crippen molar-refractivity contribution in [2.24, 2.45) is 11.8 Å². The molecule has 0 spiro atoms. The van der Waals surface area contributed by atoms with Crippen molar-refractivity contribution in [3.8, 4) is 45.3 Å². The molecule has 0 saturated heterocycles. The van der Waals surface area contributed by atoms with Crippen molar-refractivity contribution < 1.29 is 47.6 Å². The number of carbonyl (C=O) groups is 4. The largest absolute Gasteiger partial charge is 0.494 e. The van der Waals surface area contributed by atoms with Gasteiger partial charge in [0.15, 0.2) is 0 Å². The summed E-state index contributed by atoms with van der Waals surface area (Å²) in [6.07, 6.45) is 5.59. The lowest BCUT2D eigenvalue weighted by molar-refractivity contribution is 0.0438. The second kappa shape index (κ2) is 24.8. The maximum Gasteiger partial charge on any atom is 0.343 e. The minimum atomic E-state index is -0.465. The van der Waals surface area contributed by atoms with Gasteiger partial charge in [-0.25, -0.2) is 19.2 Å². The van der Waals surface area contributed by atoms with Crippen molar-refractivity contribution in [3.63, 3.8) is 0 Å². The maximum absolute atomic E-state index is 12.8. The van der Waals surface area contributed by atoms with Crippen molar-refractivity contribution in [1.29, 1.82) is 0 Å². The normalized spacial score (nSPS) is 11.8. The lowest BCUT2D eigenvalue weighted by atomic mass is 10.0. The molecule has 0 aliphatic heterocycles. The number of esters is 4. The van der Waals surface area contributed by atoms with Gasteiger partial charge in [0.1, 0.15) is 23.0 Å². The molecule has 6 aromatic rings. The highest BCUT2D eigenvalue weighted by Gasteiger charge is 2.14. The van der Waals surface area contributed by atoms with Crippen LogP contribution in [0.4, 0.5) is 0 Å². The fraction of sp³-hybridized carbons (Fsp3) is 0.286. The minimum absolute atomic E-state index is 0.322. The average Bonchev–Trinajstić information content (AvgIpc) is 3.36. The number of ether oxygens (including phenoxy) is 6. The van der Waals surface area contributed by atoms with Gasteiger partial charge in [0.2, 0.25) is 0 Å². The van der Waals surface area contributed by atoms with Crippen molar-refractivity contribution in [1.82, 2.24) is 0 Å². The van der Waals surface area contributed by atoms with E-state index in [0.29, 0.717) is 83.5 Å². The van der Waals surface area contributed by atoms with Crippen LogP contribution < -0.4 is 18.9 Å². The summed E-state index contributed by atoms with van der Waals surface area (Å²) in [5.41, 5.74) is 5.55. The number of carbonyl (C=O) groups excluding carboxylic acids is 4. The molecular weight excluding hydrogens is 833 g/mol. The van der Waals surface area contributed by atoms with Gasteiger partial charge in [-0.05, 0) is 157 Å². The van der Waals surface area contributed by atoms with E-state index in [0.717, 1.165) is 60.8 Å². The molecule has 10 heteroatoms. The summed E-state index contributed by atoms with van der Waals surface area (Å²) in [7, 11) is 0. The van der Waals surface area contributed by atoms with Gasteiger partial charge in [0, 0.05) is 0 Å². The van der Waals surface area contributed by atoms with Crippen LogP contribution in [-0.4, -0.2) is 50.3 Å². The molecular formula is C56H58O10. The van der Waals surface area contributed by atoms with Gasteiger partial charge in [-0.3, -0.25) is 0 Å². The predicted octanol–water partition coefficient (Wildman–Crippen LogP) is 12.9. The number of hydrogen-bond acceptors (Lipinski definition) is 10. The molecule has 0 aliphatic rings. The zero-order valence-corrected chi connectivity index (χ0v) is 38.2. The van der Waals surface area contributed by atoms with Crippen molar-refractivity contribution in [3.05, 3.63) is 168 Å². The first-order valence-corrected chi connectivity index (χ1v) is 22.7. The van der Waals surface area contributed by atoms with Gasteiger partial charge in [-0.2, -0.15) is 0 Å². The van der Waals surface area contributed by atoms with Crippen LogP contribution in [0, 0.1) is 11.8 Å². The Bertz CT molecular complexity index is 2280. The Morgan fingerprint density at radius 3 is 0.955 bits per heavy atom. The molecule has 6 aromatic carbocycles. The average molecular weight is 891 g/mol. The van der Waals surface area contributed by atoms with E-state index in [1.54, 1.807) is 97.1 Å². The summed E-state index contributed by atoms with van der Waals surface area (Å²) in [5.74, 6) is 1.26. The van der Waals surface area contributed by atoms with E-state index in [1.165, 1.54) is 0 Å². The van der Waals surface area contributed by atoms with Crippen molar-refractivity contribution >= 4 is 23.9 Å². The molecule has 0 bridgehead atoms. The Balaban J connectivity index is 0.826. The first kappa shape index (κ1) is 48.3. The molecule has 0 fully saturated rings. The van der Waals surface area contributed by atoms with Crippen LogP contribution in [0.2, 0.25) is 0 Å². The van der Waals surface area contributed by atoms with E-state index in [9.17, 15) is 19.2 Å². The van der Waals surface area contributed by atoms with Crippen LogP contribution in [0.5, 0.6) is 23.0 Å².